The van der Waals surface area contributed by atoms with Crippen molar-refractivity contribution in [2.24, 2.45) is 0 Å². The van der Waals surface area contributed by atoms with E-state index in [1.54, 1.807) is 24.3 Å². The van der Waals surface area contributed by atoms with Crippen LogP contribution in [0.2, 0.25) is 0 Å². The van der Waals surface area contributed by atoms with Gasteiger partial charge in [0.05, 0.1) is 17.8 Å². The van der Waals surface area contributed by atoms with E-state index in [-0.39, 0.29) is 16.7 Å². The molecule has 3 nitrogen and oxygen atoms in total. The van der Waals surface area contributed by atoms with Gasteiger partial charge < -0.3 is 4.57 Å². The van der Waals surface area contributed by atoms with Gasteiger partial charge in [-0.25, -0.2) is 13.8 Å². The Morgan fingerprint density at radius 1 is 1.13 bits per heavy atom. The lowest BCUT2D eigenvalue weighted by molar-refractivity contribution is -0.147. The summed E-state index contributed by atoms with van der Waals surface area (Å²) in [4.78, 5) is 7.59. The molecule has 23 heavy (non-hydrogen) atoms. The second kappa shape index (κ2) is 5.60. The van der Waals surface area contributed by atoms with Crippen molar-refractivity contribution in [3.63, 3.8) is 0 Å². The van der Waals surface area contributed by atoms with E-state index >= 15 is 0 Å². The maximum Gasteiger partial charge on any atom is 0.449 e. The third-order valence-corrected chi connectivity index (χ3v) is 3.23. The summed E-state index contributed by atoms with van der Waals surface area (Å²) in [6.45, 7) is -1.09. The lowest BCUT2D eigenvalue weighted by Crippen LogP contribution is -2.17. The van der Waals surface area contributed by atoms with Gasteiger partial charge in [-0.05, 0) is 12.1 Å². The number of alkyl halides is 5. The van der Waals surface area contributed by atoms with Crippen LogP contribution < -0.4 is 0 Å². The largest absolute Gasteiger partial charge is 0.449 e. The number of rotatable bonds is 3. The lowest BCUT2D eigenvalue weighted by atomic mass is 10.1. The minimum Gasteiger partial charge on any atom is -0.314 e. The van der Waals surface area contributed by atoms with Crippen LogP contribution in [-0.4, -0.2) is 21.0 Å². The molecule has 0 saturated heterocycles. The molecule has 0 atom stereocenters. The predicted octanol–water partition coefficient (Wildman–Crippen LogP) is 4.18. The van der Waals surface area contributed by atoms with Gasteiger partial charge in [0.15, 0.2) is 0 Å². The van der Waals surface area contributed by atoms with Crippen molar-refractivity contribution < 1.29 is 22.0 Å². The van der Waals surface area contributed by atoms with Crippen LogP contribution in [-0.2, 0) is 12.7 Å². The molecule has 8 heteroatoms. The van der Waals surface area contributed by atoms with E-state index in [2.05, 4.69) is 16.0 Å². The van der Waals surface area contributed by atoms with E-state index in [1.165, 1.54) is 12.3 Å². The first-order valence-electron chi connectivity index (χ1n) is 6.55. The number of pyridine rings is 1. The molecule has 1 aromatic carbocycles. The van der Waals surface area contributed by atoms with Crippen molar-refractivity contribution >= 4 is 11.0 Å². The number of imidazole rings is 1. The van der Waals surface area contributed by atoms with E-state index in [0.29, 0.717) is 10.1 Å². The molecular formula is C15H9F5N3. The number of halogens is 5. The molecule has 0 fully saturated rings. The third kappa shape index (κ3) is 2.88. The summed E-state index contributed by atoms with van der Waals surface area (Å²) in [6, 6.07) is 10.4. The fraction of sp³-hybridized carbons (Fsp3) is 0.200. The number of hydrogen-bond donors (Lipinski definition) is 0. The van der Waals surface area contributed by atoms with Gasteiger partial charge in [-0.1, -0.05) is 24.3 Å². The fourth-order valence-electron chi connectivity index (χ4n) is 2.35. The number of benzene rings is 1. The maximum absolute atomic E-state index is 13.1. The predicted molar refractivity (Wildman–Crippen MR) is 72.8 cm³/mol. The van der Waals surface area contributed by atoms with Crippen LogP contribution >= 0.6 is 0 Å². The SMILES string of the molecule is FC(F)Cn1c(C(F)(F)F)nc2c(-c3cc[c]cc3)nccc21. The summed E-state index contributed by atoms with van der Waals surface area (Å²) < 4.78 is 65.2. The highest BCUT2D eigenvalue weighted by Gasteiger charge is 2.38. The molecule has 2 aromatic heterocycles. The number of aromatic nitrogens is 3. The Morgan fingerprint density at radius 2 is 1.83 bits per heavy atom. The second-order valence-corrected chi connectivity index (χ2v) is 4.75. The van der Waals surface area contributed by atoms with Crippen LogP contribution in [0, 0.1) is 6.07 Å². The summed E-state index contributed by atoms with van der Waals surface area (Å²) in [5.74, 6) is -1.36. The molecule has 0 unspecified atom stereocenters. The molecule has 3 aromatic rings. The van der Waals surface area contributed by atoms with Crippen molar-refractivity contribution in [3.8, 4) is 11.3 Å². The summed E-state index contributed by atoms with van der Waals surface area (Å²) >= 11 is 0. The quantitative estimate of drug-likeness (QED) is 0.676. The molecule has 0 bridgehead atoms. The summed E-state index contributed by atoms with van der Waals surface area (Å²) in [7, 11) is 0. The third-order valence-electron chi connectivity index (χ3n) is 3.23. The summed E-state index contributed by atoms with van der Waals surface area (Å²) in [6.07, 6.45) is -6.50. The van der Waals surface area contributed by atoms with Crippen LogP contribution in [0.15, 0.2) is 36.5 Å². The molecule has 119 valence electrons. The van der Waals surface area contributed by atoms with Crippen LogP contribution in [0.4, 0.5) is 22.0 Å². The number of hydrogen-bond acceptors (Lipinski definition) is 2. The molecule has 3 rings (SSSR count). The van der Waals surface area contributed by atoms with E-state index < -0.39 is 25.0 Å². The zero-order valence-electron chi connectivity index (χ0n) is 11.5. The second-order valence-electron chi connectivity index (χ2n) is 4.75. The van der Waals surface area contributed by atoms with Crippen LogP contribution in [0.25, 0.3) is 22.3 Å². The molecule has 0 amide bonds. The van der Waals surface area contributed by atoms with Gasteiger partial charge in [-0.2, -0.15) is 13.2 Å². The Bertz CT molecular complexity index is 824. The highest BCUT2D eigenvalue weighted by molar-refractivity contribution is 5.90. The van der Waals surface area contributed by atoms with Gasteiger partial charge in [0, 0.05) is 11.8 Å². The molecule has 1 radical (unpaired) electrons. The van der Waals surface area contributed by atoms with Gasteiger partial charge in [-0.15, -0.1) is 0 Å². The normalized spacial score (nSPS) is 12.3. The summed E-state index contributed by atoms with van der Waals surface area (Å²) in [5, 5.41) is 0. The molecule has 0 N–H and O–H groups in total. The van der Waals surface area contributed by atoms with Crippen LogP contribution in [0.5, 0.6) is 0 Å². The topological polar surface area (TPSA) is 30.7 Å². The first-order chi connectivity index (χ1) is 10.9. The average molecular weight is 326 g/mol. The van der Waals surface area contributed by atoms with E-state index in [0.717, 1.165) is 0 Å². The standard InChI is InChI=1S/C15H9F5N3/c16-11(17)8-23-10-6-7-21-12(9-4-2-1-3-5-9)13(10)22-14(23)15(18,19)20/h2-7,11H,8H2. The lowest BCUT2D eigenvalue weighted by Gasteiger charge is -2.10. The Balaban J connectivity index is 2.29. The first-order valence-corrected chi connectivity index (χ1v) is 6.55. The van der Waals surface area contributed by atoms with Crippen molar-refractivity contribution in [1.82, 2.24) is 14.5 Å². The minimum absolute atomic E-state index is 0.0320. The minimum atomic E-state index is -4.84. The number of fused-ring (bicyclic) bond motifs is 1. The zero-order valence-corrected chi connectivity index (χ0v) is 11.5. The molecular weight excluding hydrogens is 317 g/mol. The molecule has 0 saturated carbocycles. The van der Waals surface area contributed by atoms with Crippen LogP contribution in [0.3, 0.4) is 0 Å². The van der Waals surface area contributed by atoms with E-state index in [4.69, 9.17) is 0 Å². The Morgan fingerprint density at radius 3 is 2.43 bits per heavy atom. The summed E-state index contributed by atoms with van der Waals surface area (Å²) in [5.41, 5.74) is 0.641. The van der Waals surface area contributed by atoms with E-state index in [1.807, 2.05) is 0 Å². The average Bonchev–Trinajstić information content (AvgIpc) is 2.86. The molecule has 2 heterocycles. The molecule has 0 aliphatic carbocycles. The smallest absolute Gasteiger partial charge is 0.314 e. The van der Waals surface area contributed by atoms with Gasteiger partial charge >= 0.3 is 6.18 Å². The Kier molecular flexibility index (Phi) is 3.75. The Labute approximate surface area is 127 Å². The number of nitrogens with zero attached hydrogens (tertiary/aromatic N) is 3. The van der Waals surface area contributed by atoms with Gasteiger partial charge in [0.25, 0.3) is 6.43 Å². The van der Waals surface area contributed by atoms with Gasteiger partial charge in [-0.3, -0.25) is 4.98 Å². The van der Waals surface area contributed by atoms with Crippen molar-refractivity contribution in [3.05, 3.63) is 48.4 Å². The molecule has 0 aliphatic heterocycles. The van der Waals surface area contributed by atoms with Crippen LogP contribution in [0.1, 0.15) is 5.82 Å². The van der Waals surface area contributed by atoms with Gasteiger partial charge in [0.2, 0.25) is 5.82 Å². The molecule has 0 spiro atoms. The molecule has 0 aliphatic rings. The maximum atomic E-state index is 13.1. The van der Waals surface area contributed by atoms with Crippen molar-refractivity contribution in [2.45, 2.75) is 19.1 Å². The monoisotopic (exact) mass is 326 g/mol. The highest BCUT2D eigenvalue weighted by Crippen LogP contribution is 2.34. The van der Waals surface area contributed by atoms with E-state index in [9.17, 15) is 22.0 Å². The first kappa shape index (κ1) is 15.4. The highest BCUT2D eigenvalue weighted by atomic mass is 19.4. The zero-order chi connectivity index (χ0) is 16.6. The van der Waals surface area contributed by atoms with Crippen molar-refractivity contribution in [1.29, 1.82) is 0 Å². The van der Waals surface area contributed by atoms with Gasteiger partial charge in [0.1, 0.15) is 5.52 Å². The Hall–Kier alpha value is -2.51. The van der Waals surface area contributed by atoms with Crippen molar-refractivity contribution in [2.75, 3.05) is 0 Å². The fourth-order valence-corrected chi connectivity index (χ4v) is 2.35.